The molecule has 4 atom stereocenters. The lowest BCUT2D eigenvalue weighted by Crippen LogP contribution is -2.51. The van der Waals surface area contributed by atoms with E-state index in [1.807, 2.05) is 80.6 Å². The first-order valence-electron chi connectivity index (χ1n) is 21.2. The minimum atomic E-state index is -0.830. The lowest BCUT2D eigenvalue weighted by atomic mass is 10.0. The molecular weight excluding hydrogens is 797 g/mol. The standard InChI is InChI=1S/C49H54N8O6/c1-7-8-24-56(47(59)43(30(2)3)55-49(61)63-6)29-42-50-26-39(52-42)34-18-14-32(15-19-34)33-16-20-35(21-17-33)40-27-51-45(53-40)41-25-38(31(4)62-5)28-57(41)48(60)44(36-12-10-9-11-13-36)54-46(58)37-22-23-37/h1,9-21,26-27,30,37-38,41,43-44H,4,8,22-25,28-29H2,2-3,5-6H3,(H,50,52)(H,51,53)(H,54,58)(H,55,61)/t38-,41-,43-,44+/m0/s1. The first-order valence-corrected chi connectivity index (χ1v) is 21.2. The summed E-state index contributed by atoms with van der Waals surface area (Å²) in [4.78, 5) is 72.5. The van der Waals surface area contributed by atoms with Crippen LogP contribution < -0.4 is 10.6 Å². The highest BCUT2D eigenvalue weighted by molar-refractivity contribution is 5.91. The number of carbonyl (C=O) groups is 4. The maximum Gasteiger partial charge on any atom is 0.407 e. The van der Waals surface area contributed by atoms with E-state index in [1.54, 1.807) is 29.3 Å². The molecule has 7 rings (SSSR count). The fraction of sp³-hybridized carbons (Fsp3) is 0.347. The zero-order chi connectivity index (χ0) is 44.6. The molecule has 1 aliphatic carbocycles. The fourth-order valence-electron chi connectivity index (χ4n) is 7.91. The topological polar surface area (TPSA) is 175 Å². The Hall–Kier alpha value is -7.14. The Morgan fingerprint density at radius 3 is 2.06 bits per heavy atom. The summed E-state index contributed by atoms with van der Waals surface area (Å²) in [6.45, 7) is 8.69. The van der Waals surface area contributed by atoms with Gasteiger partial charge in [-0.1, -0.05) is 99.3 Å². The molecule has 0 radical (unpaired) electrons. The normalized spacial score (nSPS) is 16.7. The van der Waals surface area contributed by atoms with Gasteiger partial charge in [-0.15, -0.1) is 12.3 Å². The smallest absolute Gasteiger partial charge is 0.407 e. The summed E-state index contributed by atoms with van der Waals surface area (Å²) in [5.41, 5.74) is 6.22. The predicted molar refractivity (Wildman–Crippen MR) is 239 cm³/mol. The number of aromatic nitrogens is 4. The van der Waals surface area contributed by atoms with Crippen molar-refractivity contribution in [3.8, 4) is 46.0 Å². The molecule has 2 aliphatic rings. The van der Waals surface area contributed by atoms with Crippen LogP contribution in [0, 0.1) is 30.1 Å². The summed E-state index contributed by atoms with van der Waals surface area (Å²) in [5, 5.41) is 5.68. The highest BCUT2D eigenvalue weighted by Crippen LogP contribution is 2.40. The number of alkyl carbamates (subject to hydrolysis) is 1. The van der Waals surface area contributed by atoms with E-state index in [9.17, 15) is 19.2 Å². The summed E-state index contributed by atoms with van der Waals surface area (Å²) in [7, 11) is 2.85. The zero-order valence-corrected chi connectivity index (χ0v) is 36.1. The van der Waals surface area contributed by atoms with Crippen LogP contribution in [-0.2, 0) is 30.4 Å². The molecule has 14 heteroatoms. The monoisotopic (exact) mass is 850 g/mol. The molecule has 63 heavy (non-hydrogen) atoms. The largest absolute Gasteiger partial charge is 0.501 e. The maximum atomic E-state index is 14.4. The third kappa shape index (κ3) is 10.3. The van der Waals surface area contributed by atoms with Crippen molar-refractivity contribution in [3.05, 3.63) is 121 Å². The van der Waals surface area contributed by atoms with Gasteiger partial charge in [-0.05, 0) is 53.0 Å². The van der Waals surface area contributed by atoms with Crippen LogP contribution in [0.5, 0.6) is 0 Å². The number of rotatable bonds is 17. The van der Waals surface area contributed by atoms with E-state index >= 15 is 0 Å². The summed E-state index contributed by atoms with van der Waals surface area (Å²) in [6.07, 6.45) is 11.0. The van der Waals surface area contributed by atoms with Crippen LogP contribution in [0.15, 0.2) is 104 Å². The Labute approximate surface area is 367 Å². The summed E-state index contributed by atoms with van der Waals surface area (Å²) < 4.78 is 10.3. The van der Waals surface area contributed by atoms with Crippen LogP contribution in [0.4, 0.5) is 4.79 Å². The van der Waals surface area contributed by atoms with Crippen LogP contribution in [0.3, 0.4) is 0 Å². The number of methoxy groups -OCH3 is 2. The molecule has 4 N–H and O–H groups in total. The number of terminal acetylenes is 1. The number of hydrogen-bond acceptors (Lipinski definition) is 8. The molecule has 1 saturated carbocycles. The van der Waals surface area contributed by atoms with Crippen LogP contribution in [0.25, 0.3) is 33.6 Å². The molecule has 2 fully saturated rings. The van der Waals surface area contributed by atoms with Gasteiger partial charge in [0.05, 0.1) is 56.3 Å². The van der Waals surface area contributed by atoms with Crippen molar-refractivity contribution >= 4 is 23.8 Å². The summed E-state index contributed by atoms with van der Waals surface area (Å²) >= 11 is 0. The van der Waals surface area contributed by atoms with Gasteiger partial charge in [0.25, 0.3) is 0 Å². The van der Waals surface area contributed by atoms with Gasteiger partial charge in [-0.2, -0.15) is 0 Å². The van der Waals surface area contributed by atoms with Crippen LogP contribution in [0.2, 0.25) is 0 Å². The Balaban J connectivity index is 1.04. The van der Waals surface area contributed by atoms with E-state index in [1.165, 1.54) is 7.11 Å². The highest BCUT2D eigenvalue weighted by atomic mass is 16.5. The number of carbonyl (C=O) groups excluding carboxylic acids is 4. The molecule has 0 unspecified atom stereocenters. The molecule has 3 heterocycles. The molecule has 326 valence electrons. The number of nitrogens with one attached hydrogen (secondary N) is 4. The second kappa shape index (κ2) is 19.7. The fourth-order valence-corrected chi connectivity index (χ4v) is 7.91. The predicted octanol–water partition coefficient (Wildman–Crippen LogP) is 7.18. The van der Waals surface area contributed by atoms with Crippen molar-refractivity contribution in [1.29, 1.82) is 0 Å². The van der Waals surface area contributed by atoms with Crippen molar-refractivity contribution in [2.24, 2.45) is 17.8 Å². The van der Waals surface area contributed by atoms with Gasteiger partial charge in [0.1, 0.15) is 23.7 Å². The van der Waals surface area contributed by atoms with E-state index in [-0.39, 0.29) is 42.0 Å². The van der Waals surface area contributed by atoms with Crippen molar-refractivity contribution in [2.75, 3.05) is 27.3 Å². The van der Waals surface area contributed by atoms with E-state index in [2.05, 4.69) is 50.2 Å². The van der Waals surface area contributed by atoms with E-state index in [4.69, 9.17) is 20.9 Å². The van der Waals surface area contributed by atoms with Crippen molar-refractivity contribution in [2.45, 2.75) is 64.2 Å². The third-order valence-electron chi connectivity index (χ3n) is 11.8. The minimum Gasteiger partial charge on any atom is -0.501 e. The quantitative estimate of drug-likeness (QED) is 0.0562. The lowest BCUT2D eigenvalue weighted by molar-refractivity contribution is -0.138. The Bertz CT molecular complexity index is 2450. The molecule has 4 amide bonds. The zero-order valence-electron chi connectivity index (χ0n) is 36.1. The molecule has 2 aromatic heterocycles. The van der Waals surface area contributed by atoms with Gasteiger partial charge < -0.3 is 39.9 Å². The second-order valence-electron chi connectivity index (χ2n) is 16.4. The van der Waals surface area contributed by atoms with Crippen molar-refractivity contribution < 1.29 is 28.7 Å². The molecule has 3 aromatic carbocycles. The number of likely N-dealkylation sites (tertiary alicyclic amines) is 1. The first-order chi connectivity index (χ1) is 30.5. The number of aromatic amines is 2. The number of benzene rings is 3. The van der Waals surface area contributed by atoms with Crippen LogP contribution in [0.1, 0.15) is 68.8 Å². The van der Waals surface area contributed by atoms with Crippen molar-refractivity contribution in [1.82, 2.24) is 40.4 Å². The molecule has 1 aliphatic heterocycles. The van der Waals surface area contributed by atoms with E-state index < -0.39 is 24.2 Å². The number of hydrogen-bond donors (Lipinski definition) is 4. The number of H-pyrrole nitrogens is 2. The van der Waals surface area contributed by atoms with Gasteiger partial charge in [-0.3, -0.25) is 14.4 Å². The van der Waals surface area contributed by atoms with Gasteiger partial charge in [0.15, 0.2) is 0 Å². The van der Waals surface area contributed by atoms with Crippen LogP contribution >= 0.6 is 0 Å². The molecule has 14 nitrogen and oxygen atoms in total. The number of nitrogens with zero attached hydrogens (tertiary/aromatic N) is 4. The average molecular weight is 851 g/mol. The molecule has 0 spiro atoms. The maximum absolute atomic E-state index is 14.4. The van der Waals surface area contributed by atoms with Gasteiger partial charge in [-0.25, -0.2) is 14.8 Å². The molecule has 1 saturated heterocycles. The highest BCUT2D eigenvalue weighted by Gasteiger charge is 2.43. The SMILES string of the molecule is C#CCCN(Cc1ncc(-c2ccc(-c3ccc(-c4cnc([C@@H]5C[C@H](C(=C)OC)CN5C(=O)[C@H](NC(=O)C5CC5)c5ccccc5)[nH]4)cc3)cc2)[nH]1)C(=O)[C@@H](NC(=O)OC)C(C)C. The van der Waals surface area contributed by atoms with E-state index in [0.29, 0.717) is 43.3 Å². The Morgan fingerprint density at radius 1 is 0.857 bits per heavy atom. The van der Waals surface area contributed by atoms with E-state index in [0.717, 1.165) is 52.0 Å². The van der Waals surface area contributed by atoms with Crippen LogP contribution in [-0.4, -0.2) is 86.9 Å². The Morgan fingerprint density at radius 2 is 1.48 bits per heavy atom. The molecule has 5 aromatic rings. The second-order valence-corrected chi connectivity index (χ2v) is 16.4. The average Bonchev–Trinajstić information content (AvgIpc) is 3.63. The third-order valence-corrected chi connectivity index (χ3v) is 11.8. The summed E-state index contributed by atoms with van der Waals surface area (Å²) in [5.74, 6) is 3.50. The minimum absolute atomic E-state index is 0.0500. The number of amides is 4. The van der Waals surface area contributed by atoms with Gasteiger partial charge >= 0.3 is 6.09 Å². The summed E-state index contributed by atoms with van der Waals surface area (Å²) in [6, 6.07) is 23.6. The lowest BCUT2D eigenvalue weighted by Gasteiger charge is -2.29. The first kappa shape index (κ1) is 43.9. The van der Waals surface area contributed by atoms with Crippen molar-refractivity contribution in [3.63, 3.8) is 0 Å². The number of imidazole rings is 2. The molecule has 0 bridgehead atoms. The Kier molecular flexibility index (Phi) is 13.7. The van der Waals surface area contributed by atoms with Gasteiger partial charge in [0, 0.05) is 31.3 Å². The van der Waals surface area contributed by atoms with Gasteiger partial charge in [0.2, 0.25) is 17.7 Å². The number of ether oxygens (including phenoxy) is 2. The molecular formula is C49H54N8O6.